The van der Waals surface area contributed by atoms with E-state index in [4.69, 9.17) is 4.74 Å². The van der Waals surface area contributed by atoms with E-state index in [9.17, 15) is 4.79 Å². The van der Waals surface area contributed by atoms with Crippen LogP contribution in [0.4, 0.5) is 11.6 Å². The molecule has 1 aliphatic heterocycles. The van der Waals surface area contributed by atoms with Gasteiger partial charge in [-0.15, -0.1) is 0 Å². The smallest absolute Gasteiger partial charge is 0.338 e. The largest absolute Gasteiger partial charge is 0.462 e. The van der Waals surface area contributed by atoms with Crippen molar-refractivity contribution in [3.63, 3.8) is 0 Å². The van der Waals surface area contributed by atoms with Gasteiger partial charge in [-0.05, 0) is 56.5 Å². The van der Waals surface area contributed by atoms with Crippen molar-refractivity contribution in [3.05, 3.63) is 48.3 Å². The van der Waals surface area contributed by atoms with E-state index < -0.39 is 0 Å². The Labute approximate surface area is 141 Å². The summed E-state index contributed by atoms with van der Waals surface area (Å²) in [6, 6.07) is 9.38. The van der Waals surface area contributed by atoms with Gasteiger partial charge in [0.25, 0.3) is 0 Å². The molecule has 0 amide bonds. The summed E-state index contributed by atoms with van der Waals surface area (Å²) in [4.78, 5) is 22.6. The highest BCUT2D eigenvalue weighted by atomic mass is 16.5. The molecule has 3 rings (SSSR count). The van der Waals surface area contributed by atoms with Gasteiger partial charge in [-0.3, -0.25) is 0 Å². The van der Waals surface area contributed by atoms with Gasteiger partial charge in [0.05, 0.1) is 12.2 Å². The molecule has 1 aromatic heterocycles. The molecule has 2 aromatic rings. The maximum Gasteiger partial charge on any atom is 0.338 e. The highest BCUT2D eigenvalue weighted by molar-refractivity contribution is 5.89. The molecule has 2 heterocycles. The summed E-state index contributed by atoms with van der Waals surface area (Å²) in [7, 11) is 0. The monoisotopic (exact) mass is 326 g/mol. The maximum atomic E-state index is 11.8. The molecule has 1 saturated heterocycles. The number of carbonyl (C=O) groups is 1. The molecule has 1 aliphatic rings. The lowest BCUT2D eigenvalue weighted by atomic mass is 10.1. The molecule has 6 nitrogen and oxygen atoms in total. The summed E-state index contributed by atoms with van der Waals surface area (Å²) < 4.78 is 5.03. The first-order valence-corrected chi connectivity index (χ1v) is 8.35. The number of aromatic nitrogens is 2. The number of benzene rings is 1. The molecule has 0 saturated carbocycles. The lowest BCUT2D eigenvalue weighted by molar-refractivity contribution is 0.0526. The second-order valence-electron chi connectivity index (χ2n) is 5.69. The first-order chi connectivity index (χ1) is 11.8. The van der Waals surface area contributed by atoms with Gasteiger partial charge in [-0.25, -0.2) is 14.8 Å². The Hall–Kier alpha value is -2.63. The van der Waals surface area contributed by atoms with E-state index in [0.29, 0.717) is 18.1 Å². The molecule has 1 N–H and O–H groups in total. The van der Waals surface area contributed by atoms with Crippen LogP contribution in [0, 0.1) is 0 Å². The minimum absolute atomic E-state index is 0.148. The van der Waals surface area contributed by atoms with Gasteiger partial charge in [0.15, 0.2) is 0 Å². The van der Waals surface area contributed by atoms with Crippen molar-refractivity contribution in [2.45, 2.75) is 32.4 Å². The third-order valence-corrected chi connectivity index (χ3v) is 4.07. The van der Waals surface area contributed by atoms with Crippen LogP contribution in [0.15, 0.2) is 42.7 Å². The maximum absolute atomic E-state index is 11.8. The lowest BCUT2D eigenvalue weighted by Gasteiger charge is -2.37. The standard InChI is InChI=1S/C18H22N4O2/c1-2-24-17(23)14-7-9-15(10-8-14)22-13-4-3-6-16(22)21-18-19-11-5-12-20-18/h5,7-12,16H,2-4,6,13H2,1H3,(H,19,20,21). The highest BCUT2D eigenvalue weighted by Crippen LogP contribution is 2.25. The SMILES string of the molecule is CCOC(=O)c1ccc(N2CCCCC2Nc2ncccn2)cc1. The number of rotatable bonds is 5. The van der Waals surface area contributed by atoms with E-state index in [0.717, 1.165) is 25.1 Å². The molecule has 0 spiro atoms. The van der Waals surface area contributed by atoms with Crippen LogP contribution in [0.3, 0.4) is 0 Å². The topological polar surface area (TPSA) is 67.3 Å². The van der Waals surface area contributed by atoms with Crippen LogP contribution in [0.5, 0.6) is 0 Å². The van der Waals surface area contributed by atoms with Gasteiger partial charge in [0.1, 0.15) is 6.17 Å². The fraction of sp³-hybridized carbons (Fsp3) is 0.389. The summed E-state index contributed by atoms with van der Waals surface area (Å²) in [6.45, 7) is 3.15. The summed E-state index contributed by atoms with van der Waals surface area (Å²) in [5, 5.41) is 3.40. The average Bonchev–Trinajstić information content (AvgIpc) is 2.63. The molecule has 6 heteroatoms. The molecular formula is C18H22N4O2. The molecule has 1 aromatic carbocycles. The highest BCUT2D eigenvalue weighted by Gasteiger charge is 2.23. The second kappa shape index (κ2) is 7.77. The number of esters is 1. The second-order valence-corrected chi connectivity index (χ2v) is 5.69. The summed E-state index contributed by atoms with van der Waals surface area (Å²) in [5.74, 6) is 0.354. The number of nitrogens with zero attached hydrogens (tertiary/aromatic N) is 3. The Kier molecular flexibility index (Phi) is 5.25. The first-order valence-electron chi connectivity index (χ1n) is 8.35. The van der Waals surface area contributed by atoms with E-state index in [2.05, 4.69) is 20.2 Å². The number of piperidine rings is 1. The molecule has 0 aliphatic carbocycles. The zero-order valence-electron chi connectivity index (χ0n) is 13.8. The number of carbonyl (C=O) groups excluding carboxylic acids is 1. The van der Waals surface area contributed by atoms with Crippen LogP contribution in [0.25, 0.3) is 0 Å². The number of hydrogen-bond acceptors (Lipinski definition) is 6. The third kappa shape index (κ3) is 3.82. The molecule has 126 valence electrons. The summed E-state index contributed by atoms with van der Waals surface area (Å²) >= 11 is 0. The van der Waals surface area contributed by atoms with Crippen LogP contribution in [-0.4, -0.2) is 35.3 Å². The van der Waals surface area contributed by atoms with Crippen molar-refractivity contribution in [2.75, 3.05) is 23.4 Å². The Morgan fingerprint density at radius 1 is 1.25 bits per heavy atom. The summed E-state index contributed by atoms with van der Waals surface area (Å²) in [5.41, 5.74) is 1.66. The predicted octanol–water partition coefficient (Wildman–Crippen LogP) is 3.08. The normalized spacial score (nSPS) is 17.4. The molecule has 24 heavy (non-hydrogen) atoms. The van der Waals surface area contributed by atoms with Gasteiger partial charge in [0.2, 0.25) is 5.95 Å². The van der Waals surface area contributed by atoms with Crippen molar-refractivity contribution in [1.82, 2.24) is 9.97 Å². The number of hydrogen-bond donors (Lipinski definition) is 1. The van der Waals surface area contributed by atoms with Gasteiger partial charge < -0.3 is 15.0 Å². The summed E-state index contributed by atoms with van der Waals surface area (Å²) in [6.07, 6.45) is 6.95. The van der Waals surface area contributed by atoms with Gasteiger partial charge in [0, 0.05) is 24.6 Å². The van der Waals surface area contributed by atoms with Crippen molar-refractivity contribution >= 4 is 17.6 Å². The third-order valence-electron chi connectivity index (χ3n) is 4.07. The Balaban J connectivity index is 1.74. The van der Waals surface area contributed by atoms with E-state index in [-0.39, 0.29) is 12.1 Å². The Bertz CT molecular complexity index is 660. The van der Waals surface area contributed by atoms with Crippen LogP contribution >= 0.6 is 0 Å². The van der Waals surface area contributed by atoms with E-state index >= 15 is 0 Å². The molecule has 1 unspecified atom stereocenters. The fourth-order valence-corrected chi connectivity index (χ4v) is 2.92. The Morgan fingerprint density at radius 2 is 2.00 bits per heavy atom. The molecule has 1 fully saturated rings. The molecule has 0 radical (unpaired) electrons. The van der Waals surface area contributed by atoms with Crippen LogP contribution in [-0.2, 0) is 4.74 Å². The number of ether oxygens (including phenoxy) is 1. The van der Waals surface area contributed by atoms with E-state index in [1.54, 1.807) is 18.5 Å². The first kappa shape index (κ1) is 16.2. The zero-order chi connectivity index (χ0) is 16.8. The molecular weight excluding hydrogens is 304 g/mol. The van der Waals surface area contributed by atoms with Crippen molar-refractivity contribution in [2.24, 2.45) is 0 Å². The molecule has 0 bridgehead atoms. The minimum Gasteiger partial charge on any atom is -0.462 e. The van der Waals surface area contributed by atoms with Crippen molar-refractivity contribution in [1.29, 1.82) is 0 Å². The van der Waals surface area contributed by atoms with Gasteiger partial charge in [-0.2, -0.15) is 0 Å². The van der Waals surface area contributed by atoms with Gasteiger partial charge >= 0.3 is 5.97 Å². The quantitative estimate of drug-likeness (QED) is 0.852. The fourth-order valence-electron chi connectivity index (χ4n) is 2.92. The van der Waals surface area contributed by atoms with Gasteiger partial charge in [-0.1, -0.05) is 0 Å². The van der Waals surface area contributed by atoms with E-state index in [1.807, 2.05) is 31.2 Å². The number of anilines is 2. The lowest BCUT2D eigenvalue weighted by Crippen LogP contribution is -2.45. The Morgan fingerprint density at radius 3 is 2.71 bits per heavy atom. The van der Waals surface area contributed by atoms with Crippen LogP contribution < -0.4 is 10.2 Å². The van der Waals surface area contributed by atoms with Crippen molar-refractivity contribution in [3.8, 4) is 0 Å². The van der Waals surface area contributed by atoms with Crippen molar-refractivity contribution < 1.29 is 9.53 Å². The van der Waals surface area contributed by atoms with Crippen LogP contribution in [0.1, 0.15) is 36.5 Å². The van der Waals surface area contributed by atoms with Crippen LogP contribution in [0.2, 0.25) is 0 Å². The number of nitrogens with one attached hydrogen (secondary N) is 1. The predicted molar refractivity (Wildman–Crippen MR) is 93.0 cm³/mol. The van der Waals surface area contributed by atoms with E-state index in [1.165, 1.54) is 6.42 Å². The average molecular weight is 326 g/mol. The molecule has 1 atom stereocenters. The zero-order valence-corrected chi connectivity index (χ0v) is 13.8. The minimum atomic E-state index is -0.282.